The quantitative estimate of drug-likeness (QED) is 0.283. The van der Waals surface area contributed by atoms with Crippen molar-refractivity contribution in [2.45, 2.75) is 18.9 Å². The van der Waals surface area contributed by atoms with Gasteiger partial charge < -0.3 is 24.7 Å². The van der Waals surface area contributed by atoms with Gasteiger partial charge in [-0.05, 0) is 48.2 Å². The van der Waals surface area contributed by atoms with Crippen LogP contribution in [0.4, 0.5) is 11.4 Å². The number of aromatic amines is 1. The number of ether oxygens (including phenoxy) is 2. The molecule has 2 atom stereocenters. The summed E-state index contributed by atoms with van der Waals surface area (Å²) >= 11 is 6.40. The second-order valence-corrected chi connectivity index (χ2v) is 9.00. The van der Waals surface area contributed by atoms with Crippen LogP contribution in [-0.2, 0) is 9.53 Å². The number of hydrogen-bond donors (Lipinski definition) is 2. The van der Waals surface area contributed by atoms with Gasteiger partial charge in [0, 0.05) is 40.3 Å². The van der Waals surface area contributed by atoms with Gasteiger partial charge in [-0.15, -0.1) is 11.6 Å². The molecule has 5 rings (SSSR count). The fraction of sp³-hybridized carbons (Fsp3) is 0.259. The Kier molecular flexibility index (Phi) is 6.03. The van der Waals surface area contributed by atoms with Crippen LogP contribution in [-0.4, -0.2) is 49.5 Å². The average Bonchev–Trinajstić information content (AvgIpc) is 3.48. The lowest BCUT2D eigenvalue weighted by atomic mass is 9.94. The van der Waals surface area contributed by atoms with Crippen molar-refractivity contribution in [3.8, 4) is 5.75 Å². The van der Waals surface area contributed by atoms with E-state index in [0.29, 0.717) is 18.1 Å². The summed E-state index contributed by atoms with van der Waals surface area (Å²) in [7, 11) is 2.98. The fourth-order valence-corrected chi connectivity index (χ4v) is 5.10. The molecular formula is C27H26ClN3O4. The molecule has 35 heavy (non-hydrogen) atoms. The Bertz CT molecular complexity index is 1450. The number of methoxy groups -OCH3 is 2. The van der Waals surface area contributed by atoms with Gasteiger partial charge in [-0.25, -0.2) is 4.79 Å². The maximum absolute atomic E-state index is 13.7. The summed E-state index contributed by atoms with van der Waals surface area (Å²) in [6.07, 6.45) is 0. The topological polar surface area (TPSA) is 83.7 Å². The molecule has 8 heteroatoms. The van der Waals surface area contributed by atoms with Gasteiger partial charge in [-0.3, -0.25) is 4.79 Å². The van der Waals surface area contributed by atoms with Crippen molar-refractivity contribution >= 4 is 56.5 Å². The van der Waals surface area contributed by atoms with Crippen LogP contribution in [0.3, 0.4) is 0 Å². The number of hydrogen-bond acceptors (Lipinski definition) is 5. The number of fused-ring (bicyclic) bond motifs is 4. The first-order chi connectivity index (χ1) is 16.9. The van der Waals surface area contributed by atoms with Gasteiger partial charge in [0.15, 0.2) is 0 Å². The molecule has 0 spiro atoms. The number of rotatable bonds is 6. The largest absolute Gasteiger partial charge is 0.497 e. The number of carbonyl (C=O) groups is 2. The third kappa shape index (κ3) is 3.96. The van der Waals surface area contributed by atoms with Crippen molar-refractivity contribution < 1.29 is 19.1 Å². The highest BCUT2D eigenvalue weighted by Gasteiger charge is 2.35. The third-order valence-electron chi connectivity index (χ3n) is 6.58. The minimum Gasteiger partial charge on any atom is -0.497 e. The second kappa shape index (κ2) is 9.15. The highest BCUT2D eigenvalue weighted by atomic mass is 35.5. The molecule has 2 N–H and O–H groups in total. The highest BCUT2D eigenvalue weighted by molar-refractivity contribution is 6.19. The Morgan fingerprint density at radius 1 is 1.14 bits per heavy atom. The molecule has 1 aliphatic rings. The van der Waals surface area contributed by atoms with Crippen molar-refractivity contribution in [1.82, 2.24) is 4.98 Å². The Balaban J connectivity index is 1.61. The van der Waals surface area contributed by atoms with Crippen LogP contribution in [0.5, 0.6) is 5.75 Å². The molecule has 0 radical (unpaired) electrons. The van der Waals surface area contributed by atoms with Gasteiger partial charge in [-0.1, -0.05) is 24.3 Å². The zero-order valence-electron chi connectivity index (χ0n) is 19.7. The Morgan fingerprint density at radius 3 is 2.63 bits per heavy atom. The predicted molar refractivity (Wildman–Crippen MR) is 139 cm³/mol. The van der Waals surface area contributed by atoms with Crippen molar-refractivity contribution in [3.63, 3.8) is 0 Å². The van der Waals surface area contributed by atoms with E-state index in [1.54, 1.807) is 18.9 Å². The van der Waals surface area contributed by atoms with E-state index in [9.17, 15) is 9.59 Å². The summed E-state index contributed by atoms with van der Waals surface area (Å²) in [6.45, 7) is 2.22. The van der Waals surface area contributed by atoms with E-state index in [4.69, 9.17) is 21.1 Å². The molecule has 2 heterocycles. The number of amides is 1. The number of esters is 1. The zero-order valence-corrected chi connectivity index (χ0v) is 20.5. The number of H-pyrrole nitrogens is 1. The van der Waals surface area contributed by atoms with E-state index in [2.05, 4.69) is 10.3 Å². The maximum Gasteiger partial charge on any atom is 0.327 e. The van der Waals surface area contributed by atoms with Crippen molar-refractivity contribution in [3.05, 3.63) is 65.9 Å². The average molecular weight is 492 g/mol. The van der Waals surface area contributed by atoms with Crippen LogP contribution in [0.15, 0.2) is 54.6 Å². The SMILES string of the molecule is COC(=O)C(C)Nc1cc2c(c3ccccc13)C(CCl)CN2C(=O)c1cc2cc(OC)ccc2[nH]1. The summed E-state index contributed by atoms with van der Waals surface area (Å²) in [6, 6.07) is 16.8. The van der Waals surface area contributed by atoms with E-state index in [0.717, 1.165) is 44.4 Å². The number of alkyl halides is 1. The predicted octanol–water partition coefficient (Wildman–Crippen LogP) is 5.29. The monoisotopic (exact) mass is 491 g/mol. The molecule has 0 saturated heterocycles. The van der Waals surface area contributed by atoms with Crippen LogP contribution in [0, 0.1) is 0 Å². The van der Waals surface area contributed by atoms with Gasteiger partial charge in [0.25, 0.3) is 5.91 Å². The molecule has 180 valence electrons. The lowest BCUT2D eigenvalue weighted by Gasteiger charge is -2.21. The molecule has 0 fully saturated rings. The van der Waals surface area contributed by atoms with E-state index in [1.807, 2.05) is 54.6 Å². The second-order valence-electron chi connectivity index (χ2n) is 8.69. The van der Waals surface area contributed by atoms with Crippen LogP contribution < -0.4 is 15.0 Å². The number of benzene rings is 3. The normalized spacial score (nSPS) is 15.8. The molecule has 0 saturated carbocycles. The Labute approximate surface area is 208 Å². The lowest BCUT2D eigenvalue weighted by molar-refractivity contribution is -0.141. The minimum atomic E-state index is -0.556. The molecular weight excluding hydrogens is 466 g/mol. The fourth-order valence-electron chi connectivity index (χ4n) is 4.85. The highest BCUT2D eigenvalue weighted by Crippen LogP contribution is 2.45. The molecule has 1 amide bonds. The number of anilines is 2. The minimum absolute atomic E-state index is 0.0166. The Morgan fingerprint density at radius 2 is 1.91 bits per heavy atom. The number of nitrogens with zero attached hydrogens (tertiary/aromatic N) is 1. The summed E-state index contributed by atoms with van der Waals surface area (Å²) in [5, 5.41) is 6.13. The lowest BCUT2D eigenvalue weighted by Crippen LogP contribution is -2.30. The van der Waals surface area contributed by atoms with Crippen molar-refractivity contribution in [2.24, 2.45) is 0 Å². The molecule has 1 aliphatic heterocycles. The molecule has 0 bridgehead atoms. The number of halogens is 1. The van der Waals surface area contributed by atoms with Crippen LogP contribution in [0.25, 0.3) is 21.7 Å². The van der Waals surface area contributed by atoms with Gasteiger partial charge >= 0.3 is 5.97 Å². The van der Waals surface area contributed by atoms with Crippen LogP contribution in [0.1, 0.15) is 28.9 Å². The molecule has 7 nitrogen and oxygen atoms in total. The first kappa shape index (κ1) is 23.1. The molecule has 0 aliphatic carbocycles. The van der Waals surface area contributed by atoms with E-state index in [1.165, 1.54) is 7.11 Å². The van der Waals surface area contributed by atoms with Gasteiger partial charge in [0.05, 0.1) is 19.9 Å². The van der Waals surface area contributed by atoms with Gasteiger partial charge in [0.2, 0.25) is 0 Å². The van der Waals surface area contributed by atoms with E-state index in [-0.39, 0.29) is 17.8 Å². The first-order valence-corrected chi connectivity index (χ1v) is 11.9. The summed E-state index contributed by atoms with van der Waals surface area (Å²) < 4.78 is 10.2. The zero-order chi connectivity index (χ0) is 24.7. The summed E-state index contributed by atoms with van der Waals surface area (Å²) in [5.41, 5.74) is 3.93. The standard InChI is InChI=1S/C27H26ClN3O4/c1-15(27(33)35-3)29-22-12-24-25(20-7-5-4-6-19(20)22)17(13-28)14-31(24)26(32)23-11-16-10-18(34-2)8-9-21(16)30-23/h4-12,15,17,29-30H,13-14H2,1-3H3. The van der Waals surface area contributed by atoms with Crippen molar-refractivity contribution in [2.75, 3.05) is 36.9 Å². The van der Waals surface area contributed by atoms with E-state index >= 15 is 0 Å². The van der Waals surface area contributed by atoms with E-state index < -0.39 is 6.04 Å². The van der Waals surface area contributed by atoms with Crippen LogP contribution >= 0.6 is 11.6 Å². The number of carbonyl (C=O) groups excluding carboxylic acids is 2. The maximum atomic E-state index is 13.7. The van der Waals surface area contributed by atoms with Gasteiger partial charge in [-0.2, -0.15) is 0 Å². The van der Waals surface area contributed by atoms with Crippen LogP contribution in [0.2, 0.25) is 0 Å². The molecule has 4 aromatic rings. The summed E-state index contributed by atoms with van der Waals surface area (Å²) in [5.74, 6) is 0.588. The molecule has 1 aromatic heterocycles. The number of nitrogens with one attached hydrogen (secondary N) is 2. The van der Waals surface area contributed by atoms with Gasteiger partial charge in [0.1, 0.15) is 17.5 Å². The molecule has 2 unspecified atom stereocenters. The third-order valence-corrected chi connectivity index (χ3v) is 6.96. The smallest absolute Gasteiger partial charge is 0.327 e. The summed E-state index contributed by atoms with van der Waals surface area (Å²) in [4.78, 5) is 30.8. The Hall–Kier alpha value is -3.71. The molecule has 3 aromatic carbocycles. The van der Waals surface area contributed by atoms with Crippen molar-refractivity contribution in [1.29, 1.82) is 0 Å². The number of aromatic nitrogens is 1. The first-order valence-electron chi connectivity index (χ1n) is 11.4.